The summed E-state index contributed by atoms with van der Waals surface area (Å²) in [6, 6.07) is 6.90. The Bertz CT molecular complexity index is 417. The molecule has 0 saturated carbocycles. The van der Waals surface area contributed by atoms with E-state index in [0.717, 1.165) is 36.5 Å². The van der Waals surface area contributed by atoms with Crippen molar-refractivity contribution in [3.63, 3.8) is 0 Å². The quantitative estimate of drug-likeness (QED) is 0.756. The van der Waals surface area contributed by atoms with Gasteiger partial charge in [-0.25, -0.2) is 0 Å². The van der Waals surface area contributed by atoms with Crippen molar-refractivity contribution >= 4 is 33.2 Å². The van der Waals surface area contributed by atoms with Crippen LogP contribution in [-0.4, -0.2) is 37.1 Å². The summed E-state index contributed by atoms with van der Waals surface area (Å²) in [4.78, 5) is 5.06. The van der Waals surface area contributed by atoms with Crippen LogP contribution in [0.5, 0.6) is 0 Å². The molecule has 0 spiro atoms. The van der Waals surface area contributed by atoms with Gasteiger partial charge in [0.15, 0.2) is 0 Å². The van der Waals surface area contributed by atoms with Crippen LogP contribution in [0.25, 0.3) is 0 Å². The van der Waals surface area contributed by atoms with E-state index in [1.54, 1.807) is 0 Å². The van der Waals surface area contributed by atoms with Crippen molar-refractivity contribution < 1.29 is 0 Å². The Balaban J connectivity index is 2.05. The second-order valence-corrected chi connectivity index (χ2v) is 6.18. The minimum absolute atomic E-state index is 0.697. The fourth-order valence-corrected chi connectivity index (χ4v) is 3.28. The lowest BCUT2D eigenvalue weighted by Gasteiger charge is -2.39. The smallest absolute Gasteiger partial charge is 0.0410 e. The Hall–Kier alpha value is -0.250. The summed E-state index contributed by atoms with van der Waals surface area (Å²) in [7, 11) is 0. The van der Waals surface area contributed by atoms with Crippen LogP contribution >= 0.6 is 27.5 Å². The number of halogens is 2. The van der Waals surface area contributed by atoms with Crippen LogP contribution in [0, 0.1) is 0 Å². The van der Waals surface area contributed by atoms with Gasteiger partial charge < -0.3 is 4.90 Å². The highest BCUT2D eigenvalue weighted by Crippen LogP contribution is 2.27. The lowest BCUT2D eigenvalue weighted by molar-refractivity contribution is 0.193. The van der Waals surface area contributed by atoms with Gasteiger partial charge in [0, 0.05) is 48.3 Å². The number of anilines is 1. The number of alkyl halides is 1. The monoisotopic (exact) mass is 344 g/mol. The number of hydrogen-bond acceptors (Lipinski definition) is 2. The molecule has 0 radical (unpaired) electrons. The maximum atomic E-state index is 6.07. The molecule has 0 bridgehead atoms. The van der Waals surface area contributed by atoms with Crippen molar-refractivity contribution in [2.75, 3.05) is 31.1 Å². The van der Waals surface area contributed by atoms with E-state index >= 15 is 0 Å². The van der Waals surface area contributed by atoms with E-state index in [0.29, 0.717) is 6.04 Å². The fourth-order valence-electron chi connectivity index (χ4n) is 2.63. The standard InChI is InChI=1S/C15H22BrClN2/c1-3-12(2)18-6-8-19(9-7-18)15-5-4-14(17)10-13(15)11-16/h4-5,10,12H,3,6-9,11H2,1-2H3. The molecule has 1 aliphatic heterocycles. The minimum atomic E-state index is 0.697. The second-order valence-electron chi connectivity index (χ2n) is 5.19. The third-order valence-electron chi connectivity index (χ3n) is 4.05. The first-order valence-corrected chi connectivity index (χ1v) is 8.49. The summed E-state index contributed by atoms with van der Waals surface area (Å²) in [6.07, 6.45) is 1.23. The zero-order valence-corrected chi connectivity index (χ0v) is 14.0. The van der Waals surface area contributed by atoms with E-state index in [4.69, 9.17) is 11.6 Å². The third kappa shape index (κ3) is 3.65. The Labute approximate surface area is 129 Å². The summed E-state index contributed by atoms with van der Waals surface area (Å²) in [6.45, 7) is 9.09. The zero-order valence-electron chi connectivity index (χ0n) is 11.7. The first-order chi connectivity index (χ1) is 9.15. The first kappa shape index (κ1) is 15.1. The molecule has 2 nitrogen and oxygen atoms in total. The maximum Gasteiger partial charge on any atom is 0.0410 e. The minimum Gasteiger partial charge on any atom is -0.369 e. The molecular formula is C15H22BrClN2. The molecule has 1 aliphatic rings. The number of rotatable bonds is 4. The van der Waals surface area contributed by atoms with Crippen LogP contribution in [0.15, 0.2) is 18.2 Å². The average Bonchev–Trinajstić information content (AvgIpc) is 2.46. The van der Waals surface area contributed by atoms with Crippen molar-refractivity contribution in [3.05, 3.63) is 28.8 Å². The Morgan fingerprint density at radius 2 is 1.95 bits per heavy atom. The topological polar surface area (TPSA) is 6.48 Å². The van der Waals surface area contributed by atoms with Crippen molar-refractivity contribution in [1.82, 2.24) is 4.90 Å². The zero-order chi connectivity index (χ0) is 13.8. The predicted molar refractivity (Wildman–Crippen MR) is 87.6 cm³/mol. The molecular weight excluding hydrogens is 324 g/mol. The van der Waals surface area contributed by atoms with Crippen LogP contribution in [-0.2, 0) is 5.33 Å². The van der Waals surface area contributed by atoms with Gasteiger partial charge in [0.2, 0.25) is 0 Å². The molecule has 1 aromatic carbocycles. The van der Waals surface area contributed by atoms with Crippen molar-refractivity contribution in [1.29, 1.82) is 0 Å². The maximum absolute atomic E-state index is 6.07. The van der Waals surface area contributed by atoms with E-state index in [1.165, 1.54) is 17.7 Å². The van der Waals surface area contributed by atoms with Gasteiger partial charge >= 0.3 is 0 Å². The van der Waals surface area contributed by atoms with Crippen LogP contribution in [0.2, 0.25) is 5.02 Å². The molecule has 0 N–H and O–H groups in total. The van der Waals surface area contributed by atoms with Gasteiger partial charge in [-0.15, -0.1) is 0 Å². The van der Waals surface area contributed by atoms with Gasteiger partial charge in [-0.05, 0) is 37.1 Å². The highest BCUT2D eigenvalue weighted by molar-refractivity contribution is 9.08. The first-order valence-electron chi connectivity index (χ1n) is 6.99. The SMILES string of the molecule is CCC(C)N1CCN(c2ccc(Cl)cc2CBr)CC1. The van der Waals surface area contributed by atoms with Gasteiger partial charge in [0.1, 0.15) is 0 Å². The molecule has 0 aliphatic carbocycles. The summed E-state index contributed by atoms with van der Waals surface area (Å²) in [5.74, 6) is 0. The average molecular weight is 346 g/mol. The highest BCUT2D eigenvalue weighted by Gasteiger charge is 2.21. The summed E-state index contributed by atoms with van der Waals surface area (Å²) >= 11 is 9.63. The molecule has 2 rings (SSSR count). The molecule has 19 heavy (non-hydrogen) atoms. The van der Waals surface area contributed by atoms with Crippen molar-refractivity contribution in [3.8, 4) is 0 Å². The number of hydrogen-bond donors (Lipinski definition) is 0. The summed E-state index contributed by atoms with van der Waals surface area (Å²) in [5, 5.41) is 1.67. The Morgan fingerprint density at radius 1 is 1.26 bits per heavy atom. The molecule has 1 unspecified atom stereocenters. The Kier molecular flexibility index (Phi) is 5.55. The molecule has 1 heterocycles. The van der Waals surface area contributed by atoms with E-state index in [9.17, 15) is 0 Å². The van der Waals surface area contributed by atoms with Crippen LogP contribution in [0.1, 0.15) is 25.8 Å². The molecule has 1 aromatic rings. The molecule has 1 fully saturated rings. The predicted octanol–water partition coefficient (Wildman–Crippen LogP) is 4.16. The third-order valence-corrected chi connectivity index (χ3v) is 4.89. The lowest BCUT2D eigenvalue weighted by atomic mass is 10.1. The van der Waals surface area contributed by atoms with Gasteiger partial charge in [-0.3, -0.25) is 4.90 Å². The van der Waals surface area contributed by atoms with Crippen LogP contribution in [0.4, 0.5) is 5.69 Å². The normalized spacial score (nSPS) is 18.6. The summed E-state index contributed by atoms with van der Waals surface area (Å²) < 4.78 is 0. The molecule has 1 saturated heterocycles. The number of nitrogens with zero attached hydrogens (tertiary/aromatic N) is 2. The molecule has 1 atom stereocenters. The van der Waals surface area contributed by atoms with Crippen molar-refractivity contribution in [2.24, 2.45) is 0 Å². The highest BCUT2D eigenvalue weighted by atomic mass is 79.9. The summed E-state index contributed by atoms with van der Waals surface area (Å²) in [5.41, 5.74) is 2.61. The number of piperazine rings is 1. The molecule has 4 heteroatoms. The molecule has 0 amide bonds. The van der Waals surface area contributed by atoms with Crippen molar-refractivity contribution in [2.45, 2.75) is 31.6 Å². The van der Waals surface area contributed by atoms with Crippen LogP contribution < -0.4 is 4.90 Å². The van der Waals surface area contributed by atoms with Gasteiger partial charge in [-0.1, -0.05) is 34.5 Å². The van der Waals surface area contributed by atoms with Gasteiger partial charge in [0.25, 0.3) is 0 Å². The van der Waals surface area contributed by atoms with Crippen LogP contribution in [0.3, 0.4) is 0 Å². The largest absolute Gasteiger partial charge is 0.369 e. The van der Waals surface area contributed by atoms with E-state index in [2.05, 4.69) is 51.7 Å². The number of benzene rings is 1. The van der Waals surface area contributed by atoms with Gasteiger partial charge in [-0.2, -0.15) is 0 Å². The fraction of sp³-hybridized carbons (Fsp3) is 0.600. The van der Waals surface area contributed by atoms with E-state index < -0.39 is 0 Å². The lowest BCUT2D eigenvalue weighted by Crippen LogP contribution is -2.49. The van der Waals surface area contributed by atoms with Gasteiger partial charge in [0.05, 0.1) is 0 Å². The van der Waals surface area contributed by atoms with E-state index in [1.807, 2.05) is 6.07 Å². The Morgan fingerprint density at radius 3 is 2.53 bits per heavy atom. The molecule has 0 aromatic heterocycles. The molecule has 106 valence electrons. The second kappa shape index (κ2) is 6.96. The van der Waals surface area contributed by atoms with E-state index in [-0.39, 0.29) is 0 Å².